The smallest absolute Gasteiger partial charge is 0.348 e. The van der Waals surface area contributed by atoms with Gasteiger partial charge in [-0.3, -0.25) is 9.69 Å². The Morgan fingerprint density at radius 1 is 1.32 bits per heavy atom. The van der Waals surface area contributed by atoms with E-state index in [2.05, 4.69) is 0 Å². The number of rotatable bonds is 5. The minimum Gasteiger partial charge on any atom is -0.462 e. The second-order valence-corrected chi connectivity index (χ2v) is 6.66. The minimum atomic E-state index is -0.641. The summed E-state index contributed by atoms with van der Waals surface area (Å²) in [5.41, 5.74) is 1.48. The number of thiocarbonyl (C=S) groups is 1. The fourth-order valence-electron chi connectivity index (χ4n) is 2.12. The molecule has 1 aromatic carbocycles. The molecule has 1 amide bonds. The fraction of sp³-hybridized carbons (Fsp3) is 0.222. The van der Waals surface area contributed by atoms with Gasteiger partial charge in [0, 0.05) is 6.54 Å². The van der Waals surface area contributed by atoms with Crippen molar-refractivity contribution in [2.45, 2.75) is 13.8 Å². The highest BCUT2D eigenvalue weighted by molar-refractivity contribution is 8.26. The second-order valence-electron chi connectivity index (χ2n) is 4.98. The van der Waals surface area contributed by atoms with Gasteiger partial charge in [-0.25, -0.2) is 4.79 Å². The first-order valence-corrected chi connectivity index (χ1v) is 8.87. The number of ether oxygens (including phenoxy) is 1. The lowest BCUT2D eigenvalue weighted by atomic mass is 10.1. The van der Waals surface area contributed by atoms with E-state index >= 15 is 0 Å². The quantitative estimate of drug-likeness (QED) is 0.342. The van der Waals surface area contributed by atoms with E-state index in [0.29, 0.717) is 21.3 Å². The third kappa shape index (κ3) is 4.56. The molecule has 1 aliphatic rings. The van der Waals surface area contributed by atoms with Gasteiger partial charge in [-0.2, -0.15) is 5.26 Å². The average molecular weight is 372 g/mol. The molecule has 1 aromatic rings. The van der Waals surface area contributed by atoms with E-state index in [1.54, 1.807) is 30.0 Å². The van der Waals surface area contributed by atoms with Crippen molar-refractivity contribution in [2.75, 3.05) is 13.2 Å². The topological polar surface area (TPSA) is 70.4 Å². The summed E-state index contributed by atoms with van der Waals surface area (Å²) in [7, 11) is 0. The van der Waals surface area contributed by atoms with Gasteiger partial charge in [-0.15, -0.1) is 0 Å². The Kier molecular flexibility index (Phi) is 6.51. The van der Waals surface area contributed by atoms with E-state index < -0.39 is 5.97 Å². The van der Waals surface area contributed by atoms with Gasteiger partial charge in [0.25, 0.3) is 5.91 Å². The lowest BCUT2D eigenvalue weighted by molar-refractivity contribution is -0.137. The van der Waals surface area contributed by atoms with Gasteiger partial charge < -0.3 is 4.74 Å². The fourth-order valence-corrected chi connectivity index (χ4v) is 3.51. The summed E-state index contributed by atoms with van der Waals surface area (Å²) in [6.45, 7) is 4.33. The third-order valence-electron chi connectivity index (χ3n) is 3.35. The molecule has 1 aliphatic heterocycles. The van der Waals surface area contributed by atoms with Crippen molar-refractivity contribution in [3.05, 3.63) is 45.9 Å². The van der Waals surface area contributed by atoms with Crippen LogP contribution in [-0.2, 0) is 14.3 Å². The molecule has 0 unspecified atom stereocenters. The normalized spacial score (nSPS) is 16.3. The Morgan fingerprint density at radius 3 is 2.48 bits per heavy atom. The molecule has 128 valence electrons. The number of thioether (sulfide) groups is 1. The zero-order valence-corrected chi connectivity index (χ0v) is 15.4. The summed E-state index contributed by atoms with van der Waals surface area (Å²) < 4.78 is 5.39. The maximum absolute atomic E-state index is 12.2. The highest BCUT2D eigenvalue weighted by Gasteiger charge is 2.30. The van der Waals surface area contributed by atoms with Crippen molar-refractivity contribution in [1.82, 2.24) is 4.90 Å². The van der Waals surface area contributed by atoms with Crippen LogP contribution in [0, 0.1) is 11.3 Å². The SMILES string of the molecule is CCOC(=O)/C(C#N)=C\c1ccc(/C=C2/SC(=S)N(CC)C2=O)cc1. The number of amides is 1. The van der Waals surface area contributed by atoms with Crippen LogP contribution in [0.3, 0.4) is 0 Å². The summed E-state index contributed by atoms with van der Waals surface area (Å²) >= 11 is 6.46. The number of hydrogen-bond acceptors (Lipinski definition) is 6. The average Bonchev–Trinajstić information content (AvgIpc) is 2.87. The van der Waals surface area contributed by atoms with Crippen LogP contribution >= 0.6 is 24.0 Å². The number of hydrogen-bond donors (Lipinski definition) is 0. The Bertz CT molecular complexity index is 805. The molecular formula is C18H16N2O3S2. The summed E-state index contributed by atoms with van der Waals surface area (Å²) in [6.07, 6.45) is 3.25. The molecule has 7 heteroatoms. The Hall–Kier alpha value is -2.43. The highest BCUT2D eigenvalue weighted by atomic mass is 32.2. The monoisotopic (exact) mass is 372 g/mol. The van der Waals surface area contributed by atoms with Crippen LogP contribution in [0.25, 0.3) is 12.2 Å². The number of carbonyl (C=O) groups is 2. The molecule has 1 fully saturated rings. The molecule has 5 nitrogen and oxygen atoms in total. The molecule has 1 heterocycles. The van der Waals surface area contributed by atoms with Crippen LogP contribution in [0.15, 0.2) is 34.7 Å². The maximum Gasteiger partial charge on any atom is 0.348 e. The molecule has 25 heavy (non-hydrogen) atoms. The van der Waals surface area contributed by atoms with Crippen molar-refractivity contribution in [3.63, 3.8) is 0 Å². The van der Waals surface area contributed by atoms with E-state index in [1.807, 2.05) is 25.1 Å². The first-order valence-electron chi connectivity index (χ1n) is 7.64. The van der Waals surface area contributed by atoms with Gasteiger partial charge in [-0.1, -0.05) is 48.2 Å². The van der Waals surface area contributed by atoms with E-state index in [0.717, 1.165) is 5.56 Å². The number of carbonyl (C=O) groups excluding carboxylic acids is 2. The molecule has 0 aromatic heterocycles. The summed E-state index contributed by atoms with van der Waals surface area (Å²) in [6, 6.07) is 8.99. The maximum atomic E-state index is 12.2. The zero-order chi connectivity index (χ0) is 18.4. The van der Waals surface area contributed by atoms with E-state index in [4.69, 9.17) is 22.2 Å². The van der Waals surface area contributed by atoms with Crippen LogP contribution in [-0.4, -0.2) is 34.2 Å². The minimum absolute atomic E-state index is 0.0570. The van der Waals surface area contributed by atoms with Crippen molar-refractivity contribution in [3.8, 4) is 6.07 Å². The predicted molar refractivity (Wildman–Crippen MR) is 102 cm³/mol. The number of nitrogens with zero attached hydrogens (tertiary/aromatic N) is 2. The van der Waals surface area contributed by atoms with Gasteiger partial charge in [0.1, 0.15) is 16.0 Å². The molecule has 0 spiro atoms. The summed E-state index contributed by atoms with van der Waals surface area (Å²) in [4.78, 5) is 26.0. The Labute approximate surface area is 155 Å². The van der Waals surface area contributed by atoms with Gasteiger partial charge in [0.15, 0.2) is 0 Å². The second kappa shape index (κ2) is 8.60. The van der Waals surface area contributed by atoms with Crippen LogP contribution in [0.2, 0.25) is 0 Å². The van der Waals surface area contributed by atoms with E-state index in [-0.39, 0.29) is 18.1 Å². The van der Waals surface area contributed by atoms with Gasteiger partial charge in [0.2, 0.25) is 0 Å². The molecule has 0 saturated carbocycles. The number of nitriles is 1. The van der Waals surface area contributed by atoms with Crippen molar-refractivity contribution in [2.24, 2.45) is 0 Å². The Balaban J connectivity index is 2.19. The largest absolute Gasteiger partial charge is 0.462 e. The molecule has 0 atom stereocenters. The number of likely N-dealkylation sites (N-methyl/N-ethyl adjacent to an activating group) is 1. The van der Waals surface area contributed by atoms with Crippen molar-refractivity contribution < 1.29 is 14.3 Å². The predicted octanol–water partition coefficient (Wildman–Crippen LogP) is 3.38. The Morgan fingerprint density at radius 2 is 1.96 bits per heavy atom. The molecule has 0 radical (unpaired) electrons. The molecule has 2 rings (SSSR count). The molecule has 1 saturated heterocycles. The molecule has 0 bridgehead atoms. The highest BCUT2D eigenvalue weighted by Crippen LogP contribution is 2.32. The first kappa shape index (κ1) is 18.9. The van der Waals surface area contributed by atoms with Gasteiger partial charge in [-0.05, 0) is 37.1 Å². The summed E-state index contributed by atoms with van der Waals surface area (Å²) in [5.74, 6) is -0.729. The zero-order valence-electron chi connectivity index (χ0n) is 13.8. The van der Waals surface area contributed by atoms with Crippen molar-refractivity contribution >= 4 is 52.3 Å². The van der Waals surface area contributed by atoms with E-state index in [1.165, 1.54) is 17.8 Å². The molecular weight excluding hydrogens is 356 g/mol. The van der Waals surface area contributed by atoms with Crippen molar-refractivity contribution in [1.29, 1.82) is 5.26 Å². The molecule has 0 aliphatic carbocycles. The number of benzene rings is 1. The van der Waals surface area contributed by atoms with Crippen LogP contribution in [0.4, 0.5) is 0 Å². The number of esters is 1. The van der Waals surface area contributed by atoms with E-state index in [9.17, 15) is 9.59 Å². The standard InChI is InChI=1S/C18H16N2O3S2/c1-3-20-16(21)15(25-18(20)24)10-13-7-5-12(6-8-13)9-14(11-19)17(22)23-4-2/h5-10H,3-4H2,1-2H3/b14-9-,15-10+. The summed E-state index contributed by atoms with van der Waals surface area (Å²) in [5, 5.41) is 9.05. The molecule has 0 N–H and O–H groups in total. The van der Waals surface area contributed by atoms with Crippen LogP contribution in [0.5, 0.6) is 0 Å². The van der Waals surface area contributed by atoms with Crippen LogP contribution < -0.4 is 0 Å². The third-order valence-corrected chi connectivity index (χ3v) is 4.73. The van der Waals surface area contributed by atoms with Gasteiger partial charge in [0.05, 0.1) is 11.5 Å². The first-order chi connectivity index (χ1) is 12.0. The van der Waals surface area contributed by atoms with Crippen LogP contribution in [0.1, 0.15) is 25.0 Å². The lowest BCUT2D eigenvalue weighted by Crippen LogP contribution is -2.27. The lowest BCUT2D eigenvalue weighted by Gasteiger charge is -2.09. The van der Waals surface area contributed by atoms with Gasteiger partial charge >= 0.3 is 5.97 Å².